The lowest BCUT2D eigenvalue weighted by Gasteiger charge is -2.31. The van der Waals surface area contributed by atoms with Crippen molar-refractivity contribution in [1.29, 1.82) is 0 Å². The molecule has 1 saturated heterocycles. The van der Waals surface area contributed by atoms with Crippen molar-refractivity contribution in [2.24, 2.45) is 0 Å². The van der Waals surface area contributed by atoms with E-state index in [4.69, 9.17) is 0 Å². The SMILES string of the molecule is CC(C)=CC(=O)N1CCC(c2ccc(O)cc2)CC1. The smallest absolute Gasteiger partial charge is 0.246 e. The van der Waals surface area contributed by atoms with Crippen LogP contribution in [0.2, 0.25) is 0 Å². The Hall–Kier alpha value is -1.77. The molecule has 0 radical (unpaired) electrons. The molecule has 0 aliphatic carbocycles. The standard InChI is InChI=1S/C16H21NO2/c1-12(2)11-16(19)17-9-7-14(8-10-17)13-3-5-15(18)6-4-13/h3-6,11,14,18H,7-10H2,1-2H3. The van der Waals surface area contributed by atoms with Crippen molar-refractivity contribution in [2.45, 2.75) is 32.6 Å². The number of carbonyl (C=O) groups is 1. The Morgan fingerprint density at radius 3 is 2.32 bits per heavy atom. The van der Waals surface area contributed by atoms with E-state index in [0.717, 1.165) is 31.5 Å². The predicted octanol–water partition coefficient (Wildman–Crippen LogP) is 3.06. The van der Waals surface area contributed by atoms with Crippen LogP contribution in [0.5, 0.6) is 5.75 Å². The molecule has 0 bridgehead atoms. The van der Waals surface area contributed by atoms with Crippen molar-refractivity contribution in [3.63, 3.8) is 0 Å². The summed E-state index contributed by atoms with van der Waals surface area (Å²) in [5.74, 6) is 0.931. The molecule has 1 aliphatic rings. The van der Waals surface area contributed by atoms with Crippen LogP contribution in [-0.2, 0) is 4.79 Å². The third-order valence-corrected chi connectivity index (χ3v) is 3.58. The number of amides is 1. The van der Waals surface area contributed by atoms with Gasteiger partial charge in [0.05, 0.1) is 0 Å². The summed E-state index contributed by atoms with van der Waals surface area (Å²) < 4.78 is 0. The molecular weight excluding hydrogens is 238 g/mol. The first kappa shape index (κ1) is 13.7. The molecule has 3 nitrogen and oxygen atoms in total. The van der Waals surface area contributed by atoms with Gasteiger partial charge in [-0.25, -0.2) is 0 Å². The molecule has 3 heteroatoms. The van der Waals surface area contributed by atoms with E-state index >= 15 is 0 Å². The molecule has 1 aromatic carbocycles. The van der Waals surface area contributed by atoms with Crippen molar-refractivity contribution < 1.29 is 9.90 Å². The Morgan fingerprint density at radius 2 is 1.79 bits per heavy atom. The fourth-order valence-corrected chi connectivity index (χ4v) is 2.52. The number of aromatic hydroxyl groups is 1. The minimum Gasteiger partial charge on any atom is -0.508 e. The van der Waals surface area contributed by atoms with Crippen LogP contribution in [0.3, 0.4) is 0 Å². The second-order valence-electron chi connectivity index (χ2n) is 5.41. The molecular formula is C16H21NO2. The van der Waals surface area contributed by atoms with Crippen LogP contribution in [-0.4, -0.2) is 29.0 Å². The monoisotopic (exact) mass is 259 g/mol. The lowest BCUT2D eigenvalue weighted by molar-refractivity contribution is -0.127. The zero-order chi connectivity index (χ0) is 13.8. The normalized spacial score (nSPS) is 16.2. The van der Waals surface area contributed by atoms with E-state index in [1.165, 1.54) is 5.56 Å². The molecule has 102 valence electrons. The largest absolute Gasteiger partial charge is 0.508 e. The van der Waals surface area contributed by atoms with Crippen molar-refractivity contribution in [3.8, 4) is 5.75 Å². The van der Waals surface area contributed by atoms with Crippen LogP contribution in [0.1, 0.15) is 38.2 Å². The van der Waals surface area contributed by atoms with Gasteiger partial charge in [0.25, 0.3) is 0 Å². The number of hydrogen-bond acceptors (Lipinski definition) is 2. The second-order valence-corrected chi connectivity index (χ2v) is 5.41. The molecule has 1 amide bonds. The minimum absolute atomic E-state index is 0.129. The summed E-state index contributed by atoms with van der Waals surface area (Å²) in [6.07, 6.45) is 3.70. The van der Waals surface area contributed by atoms with Gasteiger partial charge in [0, 0.05) is 19.2 Å². The van der Waals surface area contributed by atoms with Crippen LogP contribution >= 0.6 is 0 Å². The Kier molecular flexibility index (Phi) is 4.25. The van der Waals surface area contributed by atoms with Crippen molar-refractivity contribution in [3.05, 3.63) is 41.5 Å². The van der Waals surface area contributed by atoms with Gasteiger partial charge in [-0.2, -0.15) is 0 Å². The number of phenolic OH excluding ortho intramolecular Hbond substituents is 1. The maximum absolute atomic E-state index is 11.9. The van der Waals surface area contributed by atoms with Gasteiger partial charge in [-0.1, -0.05) is 17.7 Å². The molecule has 1 aliphatic heterocycles. The van der Waals surface area contributed by atoms with Crippen LogP contribution < -0.4 is 0 Å². The van der Waals surface area contributed by atoms with E-state index in [9.17, 15) is 9.90 Å². The summed E-state index contributed by atoms with van der Waals surface area (Å²) in [5.41, 5.74) is 2.30. The topological polar surface area (TPSA) is 40.5 Å². The lowest BCUT2D eigenvalue weighted by atomic mass is 9.89. The van der Waals surface area contributed by atoms with Crippen molar-refractivity contribution in [1.82, 2.24) is 4.90 Å². The first-order chi connectivity index (χ1) is 9.06. The molecule has 1 aromatic rings. The fourth-order valence-electron chi connectivity index (χ4n) is 2.52. The molecule has 0 spiro atoms. The average molecular weight is 259 g/mol. The molecule has 1 fully saturated rings. The molecule has 0 aromatic heterocycles. The summed E-state index contributed by atoms with van der Waals surface area (Å²) in [4.78, 5) is 13.8. The van der Waals surface area contributed by atoms with Gasteiger partial charge in [-0.05, 0) is 50.3 Å². The highest BCUT2D eigenvalue weighted by Crippen LogP contribution is 2.29. The van der Waals surface area contributed by atoms with Gasteiger partial charge in [-0.15, -0.1) is 0 Å². The number of rotatable bonds is 2. The maximum Gasteiger partial charge on any atom is 0.246 e. The number of nitrogens with zero attached hydrogens (tertiary/aromatic N) is 1. The van der Waals surface area contributed by atoms with E-state index in [-0.39, 0.29) is 5.91 Å². The summed E-state index contributed by atoms with van der Waals surface area (Å²) >= 11 is 0. The van der Waals surface area contributed by atoms with Gasteiger partial charge in [0.15, 0.2) is 0 Å². The lowest BCUT2D eigenvalue weighted by Crippen LogP contribution is -2.37. The average Bonchev–Trinajstić information content (AvgIpc) is 2.39. The summed E-state index contributed by atoms with van der Waals surface area (Å²) in [6.45, 7) is 5.52. The van der Waals surface area contributed by atoms with E-state index in [1.807, 2.05) is 30.9 Å². The van der Waals surface area contributed by atoms with Crippen molar-refractivity contribution >= 4 is 5.91 Å². The highest BCUT2D eigenvalue weighted by molar-refractivity contribution is 5.88. The first-order valence-corrected chi connectivity index (χ1v) is 6.79. The van der Waals surface area contributed by atoms with Gasteiger partial charge in [0.1, 0.15) is 5.75 Å². The van der Waals surface area contributed by atoms with Crippen LogP contribution in [0, 0.1) is 0 Å². The minimum atomic E-state index is 0.129. The molecule has 2 rings (SSSR count). The molecule has 0 atom stereocenters. The zero-order valence-electron chi connectivity index (χ0n) is 11.6. The summed E-state index contributed by atoms with van der Waals surface area (Å²) in [6, 6.07) is 7.42. The number of piperidine rings is 1. The molecule has 1 heterocycles. The quantitative estimate of drug-likeness (QED) is 0.829. The van der Waals surface area contributed by atoms with E-state index in [2.05, 4.69) is 0 Å². The third kappa shape index (κ3) is 3.60. The number of likely N-dealkylation sites (tertiary alicyclic amines) is 1. The highest BCUT2D eigenvalue weighted by Gasteiger charge is 2.22. The Morgan fingerprint density at radius 1 is 1.21 bits per heavy atom. The van der Waals surface area contributed by atoms with Gasteiger partial charge < -0.3 is 10.0 Å². The summed E-state index contributed by atoms with van der Waals surface area (Å²) in [7, 11) is 0. The Labute approximate surface area is 114 Å². The van der Waals surface area contributed by atoms with Crippen LogP contribution in [0.15, 0.2) is 35.9 Å². The predicted molar refractivity (Wildman–Crippen MR) is 76.1 cm³/mol. The number of carbonyl (C=O) groups excluding carboxylic acids is 1. The number of phenols is 1. The van der Waals surface area contributed by atoms with E-state index in [1.54, 1.807) is 18.2 Å². The maximum atomic E-state index is 11.9. The number of benzene rings is 1. The fraction of sp³-hybridized carbons (Fsp3) is 0.438. The second kappa shape index (κ2) is 5.91. The molecule has 1 N–H and O–H groups in total. The van der Waals surface area contributed by atoms with Crippen LogP contribution in [0.25, 0.3) is 0 Å². The third-order valence-electron chi connectivity index (χ3n) is 3.58. The summed E-state index contributed by atoms with van der Waals surface area (Å²) in [5, 5.41) is 9.29. The number of hydrogen-bond donors (Lipinski definition) is 1. The van der Waals surface area contributed by atoms with E-state index < -0.39 is 0 Å². The van der Waals surface area contributed by atoms with Gasteiger partial charge >= 0.3 is 0 Å². The van der Waals surface area contributed by atoms with Gasteiger partial charge in [0.2, 0.25) is 5.91 Å². The highest BCUT2D eigenvalue weighted by atomic mass is 16.3. The zero-order valence-corrected chi connectivity index (χ0v) is 11.6. The molecule has 0 saturated carbocycles. The van der Waals surface area contributed by atoms with Crippen LogP contribution in [0.4, 0.5) is 0 Å². The van der Waals surface area contributed by atoms with E-state index in [0.29, 0.717) is 11.7 Å². The first-order valence-electron chi connectivity index (χ1n) is 6.79. The van der Waals surface area contributed by atoms with Crippen molar-refractivity contribution in [2.75, 3.05) is 13.1 Å². The Balaban J connectivity index is 1.94. The Bertz CT molecular complexity index is 464. The van der Waals surface area contributed by atoms with Gasteiger partial charge in [-0.3, -0.25) is 4.79 Å². The molecule has 19 heavy (non-hydrogen) atoms. The molecule has 0 unspecified atom stereocenters. The number of allylic oxidation sites excluding steroid dienone is 1.